The van der Waals surface area contributed by atoms with E-state index in [0.29, 0.717) is 17.9 Å². The van der Waals surface area contributed by atoms with Crippen LogP contribution in [-0.2, 0) is 21.1 Å². The first-order valence-corrected chi connectivity index (χ1v) is 11.9. The Bertz CT molecular complexity index is 1100. The van der Waals surface area contributed by atoms with E-state index >= 15 is 0 Å². The highest BCUT2D eigenvalue weighted by Gasteiger charge is 2.31. The van der Waals surface area contributed by atoms with Gasteiger partial charge in [-0.25, -0.2) is 13.1 Å². The second-order valence-corrected chi connectivity index (χ2v) is 10.2. The fourth-order valence-electron chi connectivity index (χ4n) is 3.40. The highest BCUT2D eigenvalue weighted by Crippen LogP contribution is 2.31. The highest BCUT2D eigenvalue weighted by molar-refractivity contribution is 7.91. The summed E-state index contributed by atoms with van der Waals surface area (Å²) in [6, 6.07) is 12.8. The first-order valence-electron chi connectivity index (χ1n) is 9.20. The molecule has 0 radical (unpaired) electrons. The highest BCUT2D eigenvalue weighted by atomic mass is 32.2. The van der Waals surface area contributed by atoms with E-state index in [1.54, 1.807) is 17.9 Å². The predicted molar refractivity (Wildman–Crippen MR) is 113 cm³/mol. The predicted octanol–water partition coefficient (Wildman–Crippen LogP) is 3.16. The van der Waals surface area contributed by atoms with Crippen molar-refractivity contribution in [1.82, 2.24) is 9.78 Å². The van der Waals surface area contributed by atoms with Gasteiger partial charge >= 0.3 is 0 Å². The van der Waals surface area contributed by atoms with Crippen molar-refractivity contribution in [3.8, 4) is 17.0 Å². The molecule has 1 aliphatic rings. The van der Waals surface area contributed by atoms with Crippen LogP contribution in [0.15, 0.2) is 47.8 Å². The summed E-state index contributed by atoms with van der Waals surface area (Å²) in [4.78, 5) is 13.5. The number of aromatic nitrogens is 2. The summed E-state index contributed by atoms with van der Waals surface area (Å²) >= 11 is 1.52. The number of carbonyl (C=O) groups excluding carboxylic acids is 1. The molecule has 29 heavy (non-hydrogen) atoms. The van der Waals surface area contributed by atoms with Crippen LogP contribution < -0.4 is 10.1 Å². The lowest BCUT2D eigenvalue weighted by molar-refractivity contribution is -0.115. The van der Waals surface area contributed by atoms with Crippen molar-refractivity contribution in [3.63, 3.8) is 0 Å². The number of nitrogens with zero attached hydrogens (tertiary/aromatic N) is 2. The summed E-state index contributed by atoms with van der Waals surface area (Å²) in [5.74, 6) is 1.26. The summed E-state index contributed by atoms with van der Waals surface area (Å²) in [6.07, 6.45) is 0.754. The van der Waals surface area contributed by atoms with Gasteiger partial charge in [0.15, 0.2) is 9.84 Å². The number of rotatable bonds is 6. The molecule has 1 aliphatic heterocycles. The summed E-state index contributed by atoms with van der Waals surface area (Å²) in [5.41, 5.74) is 1.53. The topological polar surface area (TPSA) is 90.3 Å². The number of amides is 1. The minimum Gasteiger partial charge on any atom is -0.497 e. The number of hydrogen-bond acceptors (Lipinski definition) is 6. The zero-order valence-corrected chi connectivity index (χ0v) is 17.5. The summed E-state index contributed by atoms with van der Waals surface area (Å²) < 4.78 is 30.8. The van der Waals surface area contributed by atoms with Crippen LogP contribution in [0, 0.1) is 0 Å². The number of sulfone groups is 1. The second-order valence-electron chi connectivity index (χ2n) is 6.95. The molecule has 2 aromatic heterocycles. The molecular weight excluding hydrogens is 410 g/mol. The number of nitrogens with one attached hydrogen (secondary N) is 1. The van der Waals surface area contributed by atoms with Gasteiger partial charge in [-0.3, -0.25) is 4.79 Å². The molecule has 3 heterocycles. The van der Waals surface area contributed by atoms with Crippen molar-refractivity contribution in [2.45, 2.75) is 18.9 Å². The van der Waals surface area contributed by atoms with Gasteiger partial charge in [-0.1, -0.05) is 6.07 Å². The quantitative estimate of drug-likeness (QED) is 0.647. The van der Waals surface area contributed by atoms with E-state index in [0.717, 1.165) is 16.2 Å². The Morgan fingerprint density at radius 3 is 2.72 bits per heavy atom. The number of thiophene rings is 1. The van der Waals surface area contributed by atoms with Crippen LogP contribution in [0.25, 0.3) is 11.3 Å². The van der Waals surface area contributed by atoms with Crippen molar-refractivity contribution in [3.05, 3.63) is 52.7 Å². The Labute approximate surface area is 173 Å². The van der Waals surface area contributed by atoms with Crippen molar-refractivity contribution < 1.29 is 17.9 Å². The lowest BCUT2D eigenvalue weighted by Gasteiger charge is -2.13. The van der Waals surface area contributed by atoms with Gasteiger partial charge in [0.1, 0.15) is 11.6 Å². The monoisotopic (exact) mass is 431 g/mol. The molecule has 7 nitrogen and oxygen atoms in total. The average molecular weight is 432 g/mol. The number of anilines is 1. The van der Waals surface area contributed by atoms with Gasteiger partial charge in [-0.2, -0.15) is 5.10 Å². The average Bonchev–Trinajstić information content (AvgIpc) is 3.42. The van der Waals surface area contributed by atoms with Crippen LogP contribution in [-0.4, -0.2) is 42.7 Å². The molecule has 1 saturated heterocycles. The Morgan fingerprint density at radius 2 is 2.10 bits per heavy atom. The molecule has 3 aromatic rings. The van der Waals surface area contributed by atoms with Crippen LogP contribution in [0.5, 0.6) is 5.75 Å². The minimum absolute atomic E-state index is 0.0323. The van der Waals surface area contributed by atoms with Crippen LogP contribution >= 0.6 is 11.3 Å². The molecule has 152 valence electrons. The van der Waals surface area contributed by atoms with Crippen molar-refractivity contribution in [2.75, 3.05) is 23.9 Å². The maximum Gasteiger partial charge on any atom is 0.230 e. The van der Waals surface area contributed by atoms with Crippen molar-refractivity contribution in [1.29, 1.82) is 0 Å². The molecule has 0 unspecified atom stereocenters. The Kier molecular flexibility index (Phi) is 5.42. The molecule has 1 fully saturated rings. The summed E-state index contributed by atoms with van der Waals surface area (Å²) in [5, 5.41) is 9.48. The van der Waals surface area contributed by atoms with E-state index in [2.05, 4.69) is 10.4 Å². The number of hydrogen-bond donors (Lipinski definition) is 1. The van der Waals surface area contributed by atoms with E-state index in [4.69, 9.17) is 4.74 Å². The maximum absolute atomic E-state index is 12.5. The second kappa shape index (κ2) is 8.00. The first kappa shape index (κ1) is 19.7. The number of carbonyl (C=O) groups is 1. The molecule has 0 bridgehead atoms. The molecular formula is C20H21N3O4S2. The first-order chi connectivity index (χ1) is 13.9. The number of methoxy groups -OCH3 is 1. The number of benzene rings is 1. The van der Waals surface area contributed by atoms with Gasteiger partial charge in [0, 0.05) is 16.5 Å². The smallest absolute Gasteiger partial charge is 0.230 e. The van der Waals surface area contributed by atoms with Gasteiger partial charge in [0.25, 0.3) is 0 Å². The van der Waals surface area contributed by atoms with Crippen LogP contribution in [0.3, 0.4) is 0 Å². The van der Waals surface area contributed by atoms with E-state index in [1.807, 2.05) is 41.8 Å². The molecule has 0 spiro atoms. The largest absolute Gasteiger partial charge is 0.497 e. The Balaban J connectivity index is 1.63. The standard InChI is InChI=1S/C20H21N3O4S2/c1-27-16-6-4-14(5-7-16)18-12-19(21-20(24)11-17-3-2-9-28-17)23(22-18)15-8-10-29(25,26)13-15/h2-7,9,12,15H,8,10-11,13H2,1H3,(H,21,24)/t15-/m0/s1. The molecule has 1 amide bonds. The van der Waals surface area contributed by atoms with E-state index in [1.165, 1.54) is 11.3 Å². The maximum atomic E-state index is 12.5. The zero-order valence-electron chi connectivity index (χ0n) is 15.9. The van der Waals surface area contributed by atoms with E-state index < -0.39 is 9.84 Å². The zero-order chi connectivity index (χ0) is 20.4. The summed E-state index contributed by atoms with van der Waals surface area (Å²) in [7, 11) is -1.48. The third-order valence-corrected chi connectivity index (χ3v) is 7.48. The minimum atomic E-state index is -3.08. The van der Waals surface area contributed by atoms with Gasteiger partial charge in [-0.15, -0.1) is 11.3 Å². The van der Waals surface area contributed by atoms with Crippen LogP contribution in [0.2, 0.25) is 0 Å². The molecule has 4 rings (SSSR count). The molecule has 0 saturated carbocycles. The molecule has 0 aliphatic carbocycles. The summed E-state index contributed by atoms with van der Waals surface area (Å²) in [6.45, 7) is 0. The van der Waals surface area contributed by atoms with E-state index in [9.17, 15) is 13.2 Å². The third kappa shape index (κ3) is 4.51. The lowest BCUT2D eigenvalue weighted by Crippen LogP contribution is -2.20. The van der Waals surface area contributed by atoms with Gasteiger partial charge in [-0.05, 0) is 42.1 Å². The van der Waals surface area contributed by atoms with E-state index in [-0.39, 0.29) is 29.9 Å². The van der Waals surface area contributed by atoms with Crippen molar-refractivity contribution >= 4 is 32.9 Å². The Hall–Kier alpha value is -2.65. The fraction of sp³-hybridized carbons (Fsp3) is 0.300. The van der Waals surface area contributed by atoms with Gasteiger partial charge in [0.2, 0.25) is 5.91 Å². The van der Waals surface area contributed by atoms with Crippen molar-refractivity contribution in [2.24, 2.45) is 0 Å². The number of ether oxygens (including phenoxy) is 1. The van der Waals surface area contributed by atoms with Gasteiger partial charge in [0.05, 0.1) is 36.8 Å². The third-order valence-electron chi connectivity index (χ3n) is 4.86. The lowest BCUT2D eigenvalue weighted by atomic mass is 10.1. The molecule has 1 atom stereocenters. The molecule has 1 aromatic carbocycles. The van der Waals surface area contributed by atoms with Crippen LogP contribution in [0.4, 0.5) is 5.82 Å². The SMILES string of the molecule is COc1ccc(-c2cc(NC(=O)Cc3cccs3)n([C@H]3CCS(=O)(=O)C3)n2)cc1. The fourth-order valence-corrected chi connectivity index (χ4v) is 5.79. The molecule has 1 N–H and O–H groups in total. The van der Waals surface area contributed by atoms with Crippen LogP contribution in [0.1, 0.15) is 17.3 Å². The van der Waals surface area contributed by atoms with Gasteiger partial charge < -0.3 is 10.1 Å². The Morgan fingerprint density at radius 1 is 1.31 bits per heavy atom. The molecule has 9 heteroatoms. The normalized spacial score (nSPS) is 17.9.